The quantitative estimate of drug-likeness (QED) is 0.862. The topological polar surface area (TPSA) is 45.6 Å². The van der Waals surface area contributed by atoms with Crippen LogP contribution in [0.3, 0.4) is 0 Å². The number of aliphatic hydroxyl groups is 1. The van der Waals surface area contributed by atoms with Crippen molar-refractivity contribution in [2.75, 3.05) is 25.1 Å². The lowest BCUT2D eigenvalue weighted by Gasteiger charge is -2.28. The highest BCUT2D eigenvalue weighted by molar-refractivity contribution is 5.40. The van der Waals surface area contributed by atoms with Crippen molar-refractivity contribution in [1.29, 1.82) is 0 Å². The first-order chi connectivity index (χ1) is 8.29. The van der Waals surface area contributed by atoms with Crippen LogP contribution in [-0.2, 0) is 11.3 Å². The van der Waals surface area contributed by atoms with Gasteiger partial charge in [-0.15, -0.1) is 0 Å². The maximum absolute atomic E-state index is 9.09. The predicted octanol–water partition coefficient (Wildman–Crippen LogP) is 1.58. The molecule has 17 heavy (non-hydrogen) atoms. The van der Waals surface area contributed by atoms with Crippen molar-refractivity contribution in [2.24, 2.45) is 0 Å². The van der Waals surface area contributed by atoms with E-state index in [2.05, 4.69) is 9.88 Å². The van der Waals surface area contributed by atoms with Crippen LogP contribution in [0, 0.1) is 0 Å². The van der Waals surface area contributed by atoms with Gasteiger partial charge in [0.2, 0.25) is 0 Å². The van der Waals surface area contributed by atoms with Gasteiger partial charge in [0.1, 0.15) is 5.82 Å². The van der Waals surface area contributed by atoms with Crippen LogP contribution in [0.4, 0.5) is 5.82 Å². The van der Waals surface area contributed by atoms with E-state index in [0.717, 1.165) is 31.0 Å². The van der Waals surface area contributed by atoms with Crippen molar-refractivity contribution in [2.45, 2.75) is 32.0 Å². The molecule has 1 aromatic heterocycles. The largest absolute Gasteiger partial charge is 0.392 e. The monoisotopic (exact) mass is 236 g/mol. The van der Waals surface area contributed by atoms with Gasteiger partial charge >= 0.3 is 0 Å². The van der Waals surface area contributed by atoms with Crippen molar-refractivity contribution >= 4 is 5.82 Å². The van der Waals surface area contributed by atoms with E-state index in [1.54, 1.807) is 6.20 Å². The number of anilines is 1. The zero-order valence-corrected chi connectivity index (χ0v) is 10.3. The lowest BCUT2D eigenvalue weighted by molar-refractivity contribution is 0.0215. The molecule has 1 N–H and O–H groups in total. The summed E-state index contributed by atoms with van der Waals surface area (Å²) in [7, 11) is 2.02. The molecule has 4 nitrogen and oxygen atoms in total. The van der Waals surface area contributed by atoms with E-state index in [-0.39, 0.29) is 6.61 Å². The first kappa shape index (κ1) is 12.3. The molecular weight excluding hydrogens is 216 g/mol. The first-order valence-electron chi connectivity index (χ1n) is 6.18. The number of likely N-dealkylation sites (N-methyl/N-ethyl adjacent to an activating group) is 1. The number of pyridine rings is 1. The maximum atomic E-state index is 9.09. The normalized spacial score (nSPS) is 20.2. The standard InChI is InChI=1S/C13H20N2O2/c1-15(9-12-4-2-3-7-17-12)13-8-11(10-16)5-6-14-13/h5-6,8,12,16H,2-4,7,9-10H2,1H3. The number of rotatable bonds is 4. The molecule has 1 saturated heterocycles. The minimum atomic E-state index is 0.0588. The van der Waals surface area contributed by atoms with Crippen LogP contribution in [0.15, 0.2) is 18.3 Å². The molecule has 0 aromatic carbocycles. The molecule has 0 saturated carbocycles. The zero-order chi connectivity index (χ0) is 12.1. The van der Waals surface area contributed by atoms with Crippen molar-refractivity contribution in [3.05, 3.63) is 23.9 Å². The van der Waals surface area contributed by atoms with Crippen LogP contribution in [0.1, 0.15) is 24.8 Å². The van der Waals surface area contributed by atoms with Gasteiger partial charge in [-0.25, -0.2) is 4.98 Å². The molecule has 94 valence electrons. The number of hydrogen-bond donors (Lipinski definition) is 1. The Bertz CT molecular complexity index is 351. The Balaban J connectivity index is 1.95. The Labute approximate surface area is 102 Å². The van der Waals surface area contributed by atoms with E-state index >= 15 is 0 Å². The third kappa shape index (κ3) is 3.41. The summed E-state index contributed by atoms with van der Waals surface area (Å²) in [6.45, 7) is 1.80. The summed E-state index contributed by atoms with van der Waals surface area (Å²) in [5.41, 5.74) is 0.895. The van der Waals surface area contributed by atoms with Crippen molar-refractivity contribution < 1.29 is 9.84 Å². The zero-order valence-electron chi connectivity index (χ0n) is 10.3. The van der Waals surface area contributed by atoms with Crippen LogP contribution in [-0.4, -0.2) is 36.4 Å². The third-order valence-electron chi connectivity index (χ3n) is 3.14. The molecule has 2 rings (SSSR count). The average Bonchev–Trinajstić information content (AvgIpc) is 2.40. The Kier molecular flexibility index (Phi) is 4.34. The van der Waals surface area contributed by atoms with Gasteiger partial charge < -0.3 is 14.7 Å². The van der Waals surface area contributed by atoms with Gasteiger partial charge in [-0.1, -0.05) is 0 Å². The smallest absolute Gasteiger partial charge is 0.128 e. The first-order valence-corrected chi connectivity index (χ1v) is 6.18. The lowest BCUT2D eigenvalue weighted by Crippen LogP contribution is -2.33. The second kappa shape index (κ2) is 5.98. The van der Waals surface area contributed by atoms with E-state index in [0.29, 0.717) is 6.10 Å². The fourth-order valence-corrected chi connectivity index (χ4v) is 2.12. The van der Waals surface area contributed by atoms with Gasteiger partial charge in [0.15, 0.2) is 0 Å². The molecule has 1 aliphatic rings. The summed E-state index contributed by atoms with van der Waals surface area (Å²) >= 11 is 0. The number of hydrogen-bond acceptors (Lipinski definition) is 4. The van der Waals surface area contributed by atoms with E-state index in [1.807, 2.05) is 19.2 Å². The van der Waals surface area contributed by atoms with Crippen LogP contribution in [0.2, 0.25) is 0 Å². The molecule has 1 fully saturated rings. The molecule has 0 aliphatic carbocycles. The molecule has 1 unspecified atom stereocenters. The summed E-state index contributed by atoms with van der Waals surface area (Å²) in [5, 5.41) is 9.09. The number of ether oxygens (including phenoxy) is 1. The van der Waals surface area contributed by atoms with Gasteiger partial charge in [0.25, 0.3) is 0 Å². The van der Waals surface area contributed by atoms with E-state index < -0.39 is 0 Å². The SMILES string of the molecule is CN(CC1CCCCO1)c1cc(CO)ccn1. The Morgan fingerprint density at radius 1 is 1.53 bits per heavy atom. The molecular formula is C13H20N2O2. The Morgan fingerprint density at radius 2 is 2.41 bits per heavy atom. The molecule has 4 heteroatoms. The molecule has 2 heterocycles. The van der Waals surface area contributed by atoms with Crippen LogP contribution >= 0.6 is 0 Å². The molecule has 0 bridgehead atoms. The minimum Gasteiger partial charge on any atom is -0.392 e. The lowest BCUT2D eigenvalue weighted by atomic mass is 10.1. The molecule has 1 aromatic rings. The minimum absolute atomic E-state index is 0.0588. The molecule has 1 aliphatic heterocycles. The average molecular weight is 236 g/mol. The summed E-state index contributed by atoms with van der Waals surface area (Å²) in [5.74, 6) is 0.894. The van der Waals surface area contributed by atoms with Crippen molar-refractivity contribution in [1.82, 2.24) is 4.98 Å². The van der Waals surface area contributed by atoms with E-state index in [9.17, 15) is 0 Å². The van der Waals surface area contributed by atoms with Crippen LogP contribution < -0.4 is 4.90 Å². The van der Waals surface area contributed by atoms with Crippen LogP contribution in [0.25, 0.3) is 0 Å². The number of aromatic nitrogens is 1. The van der Waals surface area contributed by atoms with Gasteiger partial charge in [-0.2, -0.15) is 0 Å². The molecule has 0 spiro atoms. The maximum Gasteiger partial charge on any atom is 0.128 e. The highest BCUT2D eigenvalue weighted by Gasteiger charge is 2.16. The predicted molar refractivity (Wildman–Crippen MR) is 67.0 cm³/mol. The third-order valence-corrected chi connectivity index (χ3v) is 3.14. The van der Waals surface area contributed by atoms with Gasteiger partial charge in [0, 0.05) is 26.4 Å². The molecule has 0 radical (unpaired) electrons. The summed E-state index contributed by atoms with van der Waals surface area (Å²) in [4.78, 5) is 6.40. The van der Waals surface area contributed by atoms with E-state index in [4.69, 9.17) is 9.84 Å². The van der Waals surface area contributed by atoms with E-state index in [1.165, 1.54) is 12.8 Å². The Hall–Kier alpha value is -1.13. The highest BCUT2D eigenvalue weighted by Crippen LogP contribution is 2.17. The summed E-state index contributed by atoms with van der Waals surface area (Å²) in [6.07, 6.45) is 5.61. The van der Waals surface area contributed by atoms with Crippen LogP contribution in [0.5, 0.6) is 0 Å². The van der Waals surface area contributed by atoms with Gasteiger partial charge in [-0.3, -0.25) is 0 Å². The van der Waals surface area contributed by atoms with Gasteiger partial charge in [0.05, 0.1) is 12.7 Å². The van der Waals surface area contributed by atoms with Crippen molar-refractivity contribution in [3.8, 4) is 0 Å². The summed E-state index contributed by atoms with van der Waals surface area (Å²) in [6, 6.07) is 3.75. The second-order valence-corrected chi connectivity index (χ2v) is 4.55. The molecule has 1 atom stereocenters. The number of nitrogens with zero attached hydrogens (tertiary/aromatic N) is 2. The van der Waals surface area contributed by atoms with Gasteiger partial charge in [-0.05, 0) is 37.0 Å². The highest BCUT2D eigenvalue weighted by atomic mass is 16.5. The Morgan fingerprint density at radius 3 is 3.12 bits per heavy atom. The second-order valence-electron chi connectivity index (χ2n) is 4.55. The molecule has 0 amide bonds. The fourth-order valence-electron chi connectivity index (χ4n) is 2.12. The summed E-state index contributed by atoms with van der Waals surface area (Å²) < 4.78 is 5.71. The fraction of sp³-hybridized carbons (Fsp3) is 0.615. The van der Waals surface area contributed by atoms with Crippen molar-refractivity contribution in [3.63, 3.8) is 0 Å². The number of aliphatic hydroxyl groups excluding tert-OH is 1.